The van der Waals surface area contributed by atoms with Crippen LogP contribution in [0.2, 0.25) is 0 Å². The molecule has 5 heteroatoms. The number of hydrogen-bond acceptors (Lipinski definition) is 5. The molecule has 0 atom stereocenters. The van der Waals surface area contributed by atoms with Crippen molar-refractivity contribution >= 4 is 11.8 Å². The molecule has 0 N–H and O–H groups in total. The minimum atomic E-state index is -0.312. The van der Waals surface area contributed by atoms with Gasteiger partial charge in [-0.2, -0.15) is 0 Å². The maximum absolute atomic E-state index is 11.6. The van der Waals surface area contributed by atoms with Gasteiger partial charge in [0.15, 0.2) is 5.82 Å². The van der Waals surface area contributed by atoms with Crippen LogP contribution in [0, 0.1) is 0 Å². The highest BCUT2D eigenvalue weighted by Crippen LogP contribution is 2.18. The molecule has 2 rings (SSSR count). The Bertz CT molecular complexity index is 577. The van der Waals surface area contributed by atoms with Crippen LogP contribution in [0.3, 0.4) is 0 Å². The van der Waals surface area contributed by atoms with Crippen LogP contribution in [0.4, 0.5) is 5.82 Å². The van der Waals surface area contributed by atoms with Gasteiger partial charge in [-0.25, -0.2) is 4.79 Å². The zero-order valence-corrected chi connectivity index (χ0v) is 11.8. The molecule has 5 nitrogen and oxygen atoms in total. The van der Waals surface area contributed by atoms with Crippen molar-refractivity contribution in [2.75, 3.05) is 25.6 Å². The van der Waals surface area contributed by atoms with Gasteiger partial charge in [-0.1, -0.05) is 12.1 Å². The predicted molar refractivity (Wildman–Crippen MR) is 77.8 cm³/mol. The first-order valence-electron chi connectivity index (χ1n) is 6.40. The molecule has 0 aliphatic heterocycles. The third kappa shape index (κ3) is 3.12. The quantitative estimate of drug-likeness (QED) is 0.799. The lowest BCUT2D eigenvalue weighted by Crippen LogP contribution is -2.11. The van der Waals surface area contributed by atoms with E-state index < -0.39 is 0 Å². The predicted octanol–water partition coefficient (Wildman–Crippen LogP) is 2.39. The Hall–Kier alpha value is -2.43. The third-order valence-corrected chi connectivity index (χ3v) is 2.80. The highest BCUT2D eigenvalue weighted by molar-refractivity contribution is 5.89. The molecule has 104 valence electrons. The summed E-state index contributed by atoms with van der Waals surface area (Å²) in [6, 6.07) is 10.9. The van der Waals surface area contributed by atoms with E-state index in [0.29, 0.717) is 12.2 Å². The van der Waals surface area contributed by atoms with Crippen molar-refractivity contribution in [3.8, 4) is 11.3 Å². The van der Waals surface area contributed by atoms with E-state index in [1.165, 1.54) is 0 Å². The Morgan fingerprint density at radius 3 is 2.30 bits per heavy atom. The van der Waals surface area contributed by atoms with Crippen LogP contribution in [-0.2, 0) is 4.74 Å². The Balaban J connectivity index is 2.19. The second-order valence-corrected chi connectivity index (χ2v) is 4.47. The van der Waals surface area contributed by atoms with E-state index in [-0.39, 0.29) is 5.97 Å². The van der Waals surface area contributed by atoms with E-state index in [2.05, 4.69) is 10.2 Å². The number of carbonyl (C=O) groups is 1. The van der Waals surface area contributed by atoms with E-state index in [4.69, 9.17) is 4.74 Å². The molecule has 2 aromatic rings. The Morgan fingerprint density at radius 1 is 1.10 bits per heavy atom. The van der Waals surface area contributed by atoms with Gasteiger partial charge in [0.25, 0.3) is 0 Å². The lowest BCUT2D eigenvalue weighted by Gasteiger charge is -2.10. The van der Waals surface area contributed by atoms with Crippen LogP contribution in [-0.4, -0.2) is 36.9 Å². The lowest BCUT2D eigenvalue weighted by atomic mass is 10.1. The molecule has 1 heterocycles. The van der Waals surface area contributed by atoms with Crippen molar-refractivity contribution in [3.05, 3.63) is 42.0 Å². The molecule has 0 aliphatic rings. The summed E-state index contributed by atoms with van der Waals surface area (Å²) in [6.07, 6.45) is 0. The number of nitrogens with zero attached hydrogens (tertiary/aromatic N) is 3. The van der Waals surface area contributed by atoms with Gasteiger partial charge in [-0.05, 0) is 31.2 Å². The van der Waals surface area contributed by atoms with Crippen molar-refractivity contribution in [2.45, 2.75) is 6.92 Å². The maximum atomic E-state index is 11.6. The fourth-order valence-electron chi connectivity index (χ4n) is 1.71. The number of hydrogen-bond donors (Lipinski definition) is 0. The molecule has 0 radical (unpaired) electrons. The summed E-state index contributed by atoms with van der Waals surface area (Å²) in [6.45, 7) is 2.16. The van der Waals surface area contributed by atoms with Crippen molar-refractivity contribution in [1.29, 1.82) is 0 Å². The van der Waals surface area contributed by atoms with Crippen LogP contribution in [0.15, 0.2) is 36.4 Å². The van der Waals surface area contributed by atoms with Crippen molar-refractivity contribution in [2.24, 2.45) is 0 Å². The fraction of sp³-hybridized carbons (Fsp3) is 0.267. The van der Waals surface area contributed by atoms with Gasteiger partial charge >= 0.3 is 5.97 Å². The molecule has 0 saturated heterocycles. The first-order valence-corrected chi connectivity index (χ1v) is 6.40. The van der Waals surface area contributed by atoms with Crippen LogP contribution in [0.1, 0.15) is 17.3 Å². The summed E-state index contributed by atoms with van der Waals surface area (Å²) in [5, 5.41) is 8.30. The summed E-state index contributed by atoms with van der Waals surface area (Å²) in [5.41, 5.74) is 2.22. The Kier molecular flexibility index (Phi) is 4.30. The number of esters is 1. The van der Waals surface area contributed by atoms with Gasteiger partial charge < -0.3 is 9.64 Å². The van der Waals surface area contributed by atoms with Gasteiger partial charge in [-0.15, -0.1) is 10.2 Å². The lowest BCUT2D eigenvalue weighted by molar-refractivity contribution is 0.0526. The summed E-state index contributed by atoms with van der Waals surface area (Å²) >= 11 is 0. The highest BCUT2D eigenvalue weighted by Gasteiger charge is 2.07. The normalized spacial score (nSPS) is 10.2. The standard InChI is InChI=1S/C15H17N3O2/c1-4-20-15(19)12-7-5-11(6-8-12)13-9-10-14(17-16-13)18(2)3/h5-10H,4H2,1-3H3. The number of rotatable bonds is 4. The van der Waals surface area contributed by atoms with Crippen molar-refractivity contribution in [3.63, 3.8) is 0 Å². The number of ether oxygens (including phenoxy) is 1. The van der Waals surface area contributed by atoms with E-state index in [1.54, 1.807) is 19.1 Å². The SMILES string of the molecule is CCOC(=O)c1ccc(-c2ccc(N(C)C)nn2)cc1. The fourth-order valence-corrected chi connectivity index (χ4v) is 1.71. The minimum Gasteiger partial charge on any atom is -0.462 e. The second-order valence-electron chi connectivity index (χ2n) is 4.47. The molecule has 0 aliphatic carbocycles. The summed E-state index contributed by atoms with van der Waals surface area (Å²) < 4.78 is 4.94. The van der Waals surface area contributed by atoms with Gasteiger partial charge in [0.05, 0.1) is 17.9 Å². The zero-order chi connectivity index (χ0) is 14.5. The van der Waals surface area contributed by atoms with E-state index in [1.807, 2.05) is 43.3 Å². The van der Waals surface area contributed by atoms with Crippen molar-refractivity contribution in [1.82, 2.24) is 10.2 Å². The average Bonchev–Trinajstić information content (AvgIpc) is 2.48. The van der Waals surface area contributed by atoms with Gasteiger partial charge in [0, 0.05) is 19.7 Å². The molecular formula is C15H17N3O2. The monoisotopic (exact) mass is 271 g/mol. The molecule has 0 fully saturated rings. The van der Waals surface area contributed by atoms with Crippen LogP contribution in [0.25, 0.3) is 11.3 Å². The van der Waals surface area contributed by atoms with Gasteiger partial charge in [0.1, 0.15) is 0 Å². The first-order chi connectivity index (χ1) is 9.61. The maximum Gasteiger partial charge on any atom is 0.338 e. The molecule has 0 spiro atoms. The smallest absolute Gasteiger partial charge is 0.338 e. The topological polar surface area (TPSA) is 55.3 Å². The summed E-state index contributed by atoms with van der Waals surface area (Å²) in [5.74, 6) is 0.491. The van der Waals surface area contributed by atoms with Gasteiger partial charge in [-0.3, -0.25) is 0 Å². The minimum absolute atomic E-state index is 0.312. The number of anilines is 1. The number of benzene rings is 1. The molecule has 0 unspecified atom stereocenters. The molecule has 0 saturated carbocycles. The van der Waals surface area contributed by atoms with Crippen LogP contribution >= 0.6 is 0 Å². The Morgan fingerprint density at radius 2 is 1.80 bits per heavy atom. The van der Waals surface area contributed by atoms with Gasteiger partial charge in [0.2, 0.25) is 0 Å². The molecule has 0 bridgehead atoms. The average molecular weight is 271 g/mol. The van der Waals surface area contributed by atoms with E-state index in [9.17, 15) is 4.79 Å². The van der Waals surface area contributed by atoms with E-state index >= 15 is 0 Å². The molecule has 1 aromatic carbocycles. The number of carbonyl (C=O) groups excluding carboxylic acids is 1. The molecular weight excluding hydrogens is 254 g/mol. The second kappa shape index (κ2) is 6.14. The van der Waals surface area contributed by atoms with Crippen LogP contribution < -0.4 is 4.90 Å². The largest absolute Gasteiger partial charge is 0.462 e. The van der Waals surface area contributed by atoms with Crippen LogP contribution in [0.5, 0.6) is 0 Å². The first kappa shape index (κ1) is 14.0. The third-order valence-electron chi connectivity index (χ3n) is 2.80. The summed E-state index contributed by atoms with van der Waals surface area (Å²) in [7, 11) is 3.83. The van der Waals surface area contributed by atoms with E-state index in [0.717, 1.165) is 17.1 Å². The Labute approximate surface area is 118 Å². The molecule has 20 heavy (non-hydrogen) atoms. The molecule has 0 amide bonds. The zero-order valence-electron chi connectivity index (χ0n) is 11.8. The highest BCUT2D eigenvalue weighted by atomic mass is 16.5. The molecule has 1 aromatic heterocycles. The summed E-state index contributed by atoms with van der Waals surface area (Å²) in [4.78, 5) is 13.4. The van der Waals surface area contributed by atoms with Crippen molar-refractivity contribution < 1.29 is 9.53 Å². The number of aromatic nitrogens is 2.